The molecular weight excluding hydrogens is 180 g/mol. The van der Waals surface area contributed by atoms with Gasteiger partial charge in [0.1, 0.15) is 5.69 Å². The van der Waals surface area contributed by atoms with Crippen molar-refractivity contribution in [1.82, 2.24) is 4.98 Å². The van der Waals surface area contributed by atoms with Crippen LogP contribution in [0.15, 0.2) is 24.3 Å². The third-order valence-electron chi connectivity index (χ3n) is 2.11. The number of para-hydroxylation sites is 1. The standard InChI is InChI=1S/C10H8N2O2/c11-10(14)9-7(5-13)6-3-1-2-4-8(6)12-9/h1-5,12H,(H2,11,14). The Morgan fingerprint density at radius 3 is 2.71 bits per heavy atom. The minimum Gasteiger partial charge on any atom is -0.364 e. The van der Waals surface area contributed by atoms with E-state index >= 15 is 0 Å². The second-order valence-electron chi connectivity index (χ2n) is 2.94. The minimum atomic E-state index is -0.622. The highest BCUT2D eigenvalue weighted by atomic mass is 16.1. The average molecular weight is 188 g/mol. The molecule has 3 N–H and O–H groups in total. The summed E-state index contributed by atoms with van der Waals surface area (Å²) in [4.78, 5) is 24.6. The van der Waals surface area contributed by atoms with Crippen LogP contribution in [-0.4, -0.2) is 17.2 Å². The van der Waals surface area contributed by atoms with Crippen molar-refractivity contribution < 1.29 is 9.59 Å². The zero-order valence-electron chi connectivity index (χ0n) is 7.28. The molecule has 0 unspecified atom stereocenters. The molecular formula is C10H8N2O2. The first-order valence-corrected chi connectivity index (χ1v) is 4.09. The molecule has 1 heterocycles. The van der Waals surface area contributed by atoms with Gasteiger partial charge in [0.15, 0.2) is 6.29 Å². The molecule has 0 spiro atoms. The molecule has 14 heavy (non-hydrogen) atoms. The summed E-state index contributed by atoms with van der Waals surface area (Å²) in [5.74, 6) is -0.622. The predicted octanol–water partition coefficient (Wildman–Crippen LogP) is 1.08. The first-order chi connectivity index (χ1) is 6.74. The van der Waals surface area contributed by atoms with Gasteiger partial charge in [-0.25, -0.2) is 0 Å². The number of rotatable bonds is 2. The number of primary amides is 1. The number of aromatic nitrogens is 1. The molecule has 1 amide bonds. The Morgan fingerprint density at radius 2 is 2.07 bits per heavy atom. The number of benzene rings is 1. The number of nitrogens with one attached hydrogen (secondary N) is 1. The maximum absolute atomic E-state index is 11.0. The number of aromatic amines is 1. The molecule has 2 rings (SSSR count). The van der Waals surface area contributed by atoms with Gasteiger partial charge in [-0.3, -0.25) is 9.59 Å². The van der Waals surface area contributed by atoms with Gasteiger partial charge in [0.05, 0.1) is 5.56 Å². The van der Waals surface area contributed by atoms with Gasteiger partial charge in [0.2, 0.25) is 0 Å². The number of hydrogen-bond acceptors (Lipinski definition) is 2. The van der Waals surface area contributed by atoms with Crippen LogP contribution >= 0.6 is 0 Å². The lowest BCUT2D eigenvalue weighted by molar-refractivity contribution is 0.0989. The van der Waals surface area contributed by atoms with E-state index in [1.807, 2.05) is 6.07 Å². The van der Waals surface area contributed by atoms with Crippen LogP contribution in [0.4, 0.5) is 0 Å². The van der Waals surface area contributed by atoms with Crippen LogP contribution in [0.2, 0.25) is 0 Å². The fourth-order valence-corrected chi connectivity index (χ4v) is 1.48. The number of carbonyl (C=O) groups is 2. The Labute approximate surface area is 79.7 Å². The molecule has 0 atom stereocenters. The summed E-state index contributed by atoms with van der Waals surface area (Å²) in [6, 6.07) is 7.17. The largest absolute Gasteiger partial charge is 0.364 e. The smallest absolute Gasteiger partial charge is 0.265 e. The van der Waals surface area contributed by atoms with Crippen molar-refractivity contribution in [2.75, 3.05) is 0 Å². The third-order valence-corrected chi connectivity index (χ3v) is 2.11. The molecule has 0 aliphatic rings. The summed E-state index contributed by atoms with van der Waals surface area (Å²) >= 11 is 0. The molecule has 0 aliphatic heterocycles. The molecule has 1 aromatic carbocycles. The molecule has 0 bridgehead atoms. The van der Waals surface area contributed by atoms with Gasteiger partial charge in [-0.15, -0.1) is 0 Å². The van der Waals surface area contributed by atoms with E-state index in [2.05, 4.69) is 4.98 Å². The van der Waals surface area contributed by atoms with Crippen molar-refractivity contribution in [3.63, 3.8) is 0 Å². The maximum atomic E-state index is 11.0. The van der Waals surface area contributed by atoms with E-state index in [0.717, 1.165) is 10.9 Å². The van der Waals surface area contributed by atoms with Gasteiger partial charge in [0.25, 0.3) is 5.91 Å². The Kier molecular flexibility index (Phi) is 1.81. The van der Waals surface area contributed by atoms with Crippen LogP contribution in [0.3, 0.4) is 0 Å². The van der Waals surface area contributed by atoms with Gasteiger partial charge in [-0.1, -0.05) is 18.2 Å². The van der Waals surface area contributed by atoms with E-state index < -0.39 is 5.91 Å². The third kappa shape index (κ3) is 1.08. The number of hydrogen-bond donors (Lipinski definition) is 2. The summed E-state index contributed by atoms with van der Waals surface area (Å²) < 4.78 is 0. The van der Waals surface area contributed by atoms with E-state index in [4.69, 9.17) is 5.73 Å². The van der Waals surface area contributed by atoms with Crippen molar-refractivity contribution in [1.29, 1.82) is 0 Å². The SMILES string of the molecule is NC(=O)c1[nH]c2ccccc2c1C=O. The highest BCUT2D eigenvalue weighted by Crippen LogP contribution is 2.19. The number of aldehydes is 1. The van der Waals surface area contributed by atoms with Crippen LogP contribution in [0.5, 0.6) is 0 Å². The Bertz CT molecular complexity index is 514. The molecule has 2 aromatic rings. The second kappa shape index (κ2) is 2.99. The van der Waals surface area contributed by atoms with Crippen molar-refractivity contribution >= 4 is 23.1 Å². The molecule has 0 radical (unpaired) electrons. The number of amides is 1. The minimum absolute atomic E-state index is 0.168. The van der Waals surface area contributed by atoms with Gasteiger partial charge < -0.3 is 10.7 Å². The summed E-state index contributed by atoms with van der Waals surface area (Å²) in [5.41, 5.74) is 6.36. The molecule has 1 aromatic heterocycles. The van der Waals surface area contributed by atoms with Gasteiger partial charge in [0, 0.05) is 10.9 Å². The van der Waals surface area contributed by atoms with Crippen LogP contribution in [0.25, 0.3) is 10.9 Å². The molecule has 4 heteroatoms. The lowest BCUT2D eigenvalue weighted by atomic mass is 10.1. The fourth-order valence-electron chi connectivity index (χ4n) is 1.48. The monoisotopic (exact) mass is 188 g/mol. The van der Waals surface area contributed by atoms with Crippen LogP contribution in [0, 0.1) is 0 Å². The zero-order valence-corrected chi connectivity index (χ0v) is 7.28. The molecule has 0 aliphatic carbocycles. The molecule has 4 nitrogen and oxygen atoms in total. The summed E-state index contributed by atoms with van der Waals surface area (Å²) in [6.07, 6.45) is 0.638. The van der Waals surface area contributed by atoms with Crippen molar-refractivity contribution in [2.45, 2.75) is 0 Å². The molecule has 0 fully saturated rings. The van der Waals surface area contributed by atoms with E-state index in [0.29, 0.717) is 11.8 Å². The van der Waals surface area contributed by atoms with E-state index in [1.54, 1.807) is 18.2 Å². The van der Waals surface area contributed by atoms with Gasteiger partial charge >= 0.3 is 0 Å². The fraction of sp³-hybridized carbons (Fsp3) is 0. The Hall–Kier alpha value is -2.10. The van der Waals surface area contributed by atoms with Crippen LogP contribution < -0.4 is 5.73 Å². The van der Waals surface area contributed by atoms with Crippen molar-refractivity contribution in [3.8, 4) is 0 Å². The number of nitrogens with two attached hydrogens (primary N) is 1. The highest BCUT2D eigenvalue weighted by molar-refractivity contribution is 6.09. The summed E-state index contributed by atoms with van der Waals surface area (Å²) in [6.45, 7) is 0. The Balaban J connectivity index is 2.85. The molecule has 70 valence electrons. The predicted molar refractivity (Wildman–Crippen MR) is 52.2 cm³/mol. The average Bonchev–Trinajstić information content (AvgIpc) is 2.56. The van der Waals surface area contributed by atoms with E-state index in [1.165, 1.54) is 0 Å². The quantitative estimate of drug-likeness (QED) is 0.692. The first-order valence-electron chi connectivity index (χ1n) is 4.09. The number of carbonyl (C=O) groups excluding carboxylic acids is 2. The summed E-state index contributed by atoms with van der Waals surface area (Å²) in [7, 11) is 0. The Morgan fingerprint density at radius 1 is 1.36 bits per heavy atom. The lowest BCUT2D eigenvalue weighted by Gasteiger charge is -1.89. The van der Waals surface area contributed by atoms with Crippen molar-refractivity contribution in [3.05, 3.63) is 35.5 Å². The van der Waals surface area contributed by atoms with E-state index in [9.17, 15) is 9.59 Å². The van der Waals surface area contributed by atoms with Gasteiger partial charge in [-0.2, -0.15) is 0 Å². The molecule has 0 saturated carbocycles. The zero-order chi connectivity index (χ0) is 10.1. The topological polar surface area (TPSA) is 76.0 Å². The second-order valence-corrected chi connectivity index (χ2v) is 2.94. The van der Waals surface area contributed by atoms with E-state index in [-0.39, 0.29) is 5.69 Å². The van der Waals surface area contributed by atoms with Crippen LogP contribution in [-0.2, 0) is 0 Å². The summed E-state index contributed by atoms with van der Waals surface area (Å²) in [5, 5.41) is 0.719. The van der Waals surface area contributed by atoms with Crippen LogP contribution in [0.1, 0.15) is 20.8 Å². The lowest BCUT2D eigenvalue weighted by Crippen LogP contribution is -2.13. The first kappa shape index (κ1) is 8.50. The highest BCUT2D eigenvalue weighted by Gasteiger charge is 2.13. The normalized spacial score (nSPS) is 10.3. The number of fused-ring (bicyclic) bond motifs is 1. The number of H-pyrrole nitrogens is 1. The maximum Gasteiger partial charge on any atom is 0.265 e. The van der Waals surface area contributed by atoms with Gasteiger partial charge in [-0.05, 0) is 6.07 Å². The molecule has 0 saturated heterocycles. The van der Waals surface area contributed by atoms with Crippen molar-refractivity contribution in [2.24, 2.45) is 5.73 Å².